The maximum absolute atomic E-state index is 5.71. The smallest absolute Gasteiger partial charge is 0.170 e. The Morgan fingerprint density at radius 1 is 1.00 bits per heavy atom. The fraction of sp³-hybridized carbons (Fsp3) is 1.00. The average Bonchev–Trinajstić information content (AvgIpc) is 2.76. The molecule has 16 heavy (non-hydrogen) atoms. The van der Waals surface area contributed by atoms with Crippen molar-refractivity contribution in [3.8, 4) is 0 Å². The molecule has 0 saturated carbocycles. The molecule has 0 amide bonds. The van der Waals surface area contributed by atoms with E-state index in [1.54, 1.807) is 0 Å². The summed E-state index contributed by atoms with van der Waals surface area (Å²) in [5.41, 5.74) is 5.48. The Bertz CT molecular complexity index is 195. The summed E-state index contributed by atoms with van der Waals surface area (Å²) < 4.78 is 11.4. The highest BCUT2D eigenvalue weighted by molar-refractivity contribution is 4.82. The molecule has 0 atom stereocenters. The fourth-order valence-electron chi connectivity index (χ4n) is 2.56. The van der Waals surface area contributed by atoms with E-state index in [0.29, 0.717) is 0 Å². The second-order valence-corrected chi connectivity index (χ2v) is 4.80. The fourth-order valence-corrected chi connectivity index (χ4v) is 2.56. The standard InChI is InChI=1S/C12H24N2O2/c13-6-2-1-3-7-14-8-4-12(5-9-14)15-10-11-16-12/h1-11,13H2. The van der Waals surface area contributed by atoms with Crippen LogP contribution in [-0.4, -0.2) is 50.1 Å². The van der Waals surface area contributed by atoms with Gasteiger partial charge in [0.1, 0.15) is 0 Å². The van der Waals surface area contributed by atoms with E-state index in [9.17, 15) is 0 Å². The van der Waals surface area contributed by atoms with Crippen LogP contribution in [-0.2, 0) is 9.47 Å². The topological polar surface area (TPSA) is 47.7 Å². The van der Waals surface area contributed by atoms with Gasteiger partial charge in [0.15, 0.2) is 5.79 Å². The third kappa shape index (κ3) is 3.17. The quantitative estimate of drug-likeness (QED) is 0.712. The van der Waals surface area contributed by atoms with Crippen LogP contribution in [0.5, 0.6) is 0 Å². The van der Waals surface area contributed by atoms with E-state index in [1.165, 1.54) is 19.4 Å². The molecule has 2 rings (SSSR count). The maximum atomic E-state index is 5.71. The molecule has 4 nitrogen and oxygen atoms in total. The second kappa shape index (κ2) is 5.96. The van der Waals surface area contributed by atoms with Gasteiger partial charge in [0.25, 0.3) is 0 Å². The van der Waals surface area contributed by atoms with Crippen molar-refractivity contribution >= 4 is 0 Å². The first-order chi connectivity index (χ1) is 7.85. The molecule has 2 fully saturated rings. The molecular weight excluding hydrogens is 204 g/mol. The summed E-state index contributed by atoms with van der Waals surface area (Å²) in [5, 5.41) is 0. The summed E-state index contributed by atoms with van der Waals surface area (Å²) in [6.07, 6.45) is 5.74. The minimum Gasteiger partial charge on any atom is -0.347 e. The Morgan fingerprint density at radius 3 is 2.31 bits per heavy atom. The number of unbranched alkanes of at least 4 members (excludes halogenated alkanes) is 2. The summed E-state index contributed by atoms with van der Waals surface area (Å²) in [7, 11) is 0. The van der Waals surface area contributed by atoms with Gasteiger partial charge in [0.2, 0.25) is 0 Å². The SMILES string of the molecule is NCCCCCN1CCC2(CC1)OCCO2. The molecule has 0 aromatic carbocycles. The normalized spacial score (nSPS) is 25.3. The van der Waals surface area contributed by atoms with Crippen molar-refractivity contribution in [3.63, 3.8) is 0 Å². The van der Waals surface area contributed by atoms with Crippen molar-refractivity contribution in [2.45, 2.75) is 37.9 Å². The van der Waals surface area contributed by atoms with Gasteiger partial charge in [-0.25, -0.2) is 0 Å². The third-order valence-corrected chi connectivity index (χ3v) is 3.61. The lowest BCUT2D eigenvalue weighted by Gasteiger charge is -2.37. The molecule has 4 heteroatoms. The van der Waals surface area contributed by atoms with Crippen LogP contribution < -0.4 is 5.73 Å². The Kier molecular flexibility index (Phi) is 4.58. The van der Waals surface area contributed by atoms with Gasteiger partial charge in [-0.1, -0.05) is 6.42 Å². The number of nitrogens with zero attached hydrogens (tertiary/aromatic N) is 1. The van der Waals surface area contributed by atoms with Crippen molar-refractivity contribution in [2.75, 3.05) is 39.4 Å². The number of likely N-dealkylation sites (tertiary alicyclic amines) is 1. The van der Waals surface area contributed by atoms with Gasteiger partial charge < -0.3 is 20.1 Å². The highest BCUT2D eigenvalue weighted by atomic mass is 16.7. The van der Waals surface area contributed by atoms with E-state index >= 15 is 0 Å². The van der Waals surface area contributed by atoms with E-state index in [-0.39, 0.29) is 5.79 Å². The van der Waals surface area contributed by atoms with Crippen molar-refractivity contribution in [3.05, 3.63) is 0 Å². The lowest BCUT2D eigenvalue weighted by molar-refractivity contribution is -0.185. The zero-order valence-electron chi connectivity index (χ0n) is 10.1. The molecule has 0 aliphatic carbocycles. The van der Waals surface area contributed by atoms with Crippen LogP contribution in [0.15, 0.2) is 0 Å². The van der Waals surface area contributed by atoms with Crippen molar-refractivity contribution in [1.29, 1.82) is 0 Å². The summed E-state index contributed by atoms with van der Waals surface area (Å²) in [4.78, 5) is 2.52. The van der Waals surface area contributed by atoms with Crippen LogP contribution in [0.1, 0.15) is 32.1 Å². The van der Waals surface area contributed by atoms with Gasteiger partial charge in [0, 0.05) is 25.9 Å². The van der Waals surface area contributed by atoms with Crippen LogP contribution in [0, 0.1) is 0 Å². The number of piperidine rings is 1. The highest BCUT2D eigenvalue weighted by Gasteiger charge is 2.39. The van der Waals surface area contributed by atoms with Crippen LogP contribution in [0.3, 0.4) is 0 Å². The molecule has 0 radical (unpaired) electrons. The first-order valence-corrected chi connectivity index (χ1v) is 6.55. The Hall–Kier alpha value is -0.160. The minimum absolute atomic E-state index is 0.215. The summed E-state index contributed by atoms with van der Waals surface area (Å²) in [6, 6.07) is 0. The Labute approximate surface area is 98.1 Å². The highest BCUT2D eigenvalue weighted by Crippen LogP contribution is 2.31. The molecule has 2 aliphatic heterocycles. The van der Waals surface area contributed by atoms with Crippen molar-refractivity contribution < 1.29 is 9.47 Å². The molecule has 0 aromatic rings. The Balaban J connectivity index is 1.61. The second-order valence-electron chi connectivity index (χ2n) is 4.80. The molecule has 2 heterocycles. The number of hydrogen-bond acceptors (Lipinski definition) is 4. The van der Waals surface area contributed by atoms with E-state index in [4.69, 9.17) is 15.2 Å². The van der Waals surface area contributed by atoms with Gasteiger partial charge in [-0.15, -0.1) is 0 Å². The minimum atomic E-state index is -0.215. The Morgan fingerprint density at radius 2 is 1.69 bits per heavy atom. The van der Waals surface area contributed by atoms with Gasteiger partial charge in [-0.05, 0) is 25.9 Å². The number of hydrogen-bond donors (Lipinski definition) is 1. The van der Waals surface area contributed by atoms with Crippen LogP contribution in [0.2, 0.25) is 0 Å². The first kappa shape index (κ1) is 12.3. The average molecular weight is 228 g/mol. The lowest BCUT2D eigenvalue weighted by Crippen LogP contribution is -2.45. The van der Waals surface area contributed by atoms with Crippen LogP contribution >= 0.6 is 0 Å². The first-order valence-electron chi connectivity index (χ1n) is 6.55. The maximum Gasteiger partial charge on any atom is 0.170 e. The van der Waals surface area contributed by atoms with Gasteiger partial charge in [0.05, 0.1) is 13.2 Å². The van der Waals surface area contributed by atoms with Crippen molar-refractivity contribution in [1.82, 2.24) is 4.90 Å². The molecule has 0 unspecified atom stereocenters. The summed E-state index contributed by atoms with van der Waals surface area (Å²) in [6.45, 7) is 5.80. The molecule has 0 aromatic heterocycles. The largest absolute Gasteiger partial charge is 0.347 e. The van der Waals surface area contributed by atoms with Gasteiger partial charge in [-0.2, -0.15) is 0 Å². The number of rotatable bonds is 5. The van der Waals surface area contributed by atoms with Crippen LogP contribution in [0.25, 0.3) is 0 Å². The monoisotopic (exact) mass is 228 g/mol. The van der Waals surface area contributed by atoms with E-state index in [2.05, 4.69) is 4.90 Å². The molecule has 2 N–H and O–H groups in total. The molecule has 0 bridgehead atoms. The number of nitrogens with two attached hydrogens (primary N) is 1. The molecule has 94 valence electrons. The predicted molar refractivity (Wildman–Crippen MR) is 63.2 cm³/mol. The predicted octanol–water partition coefficient (Wildman–Crippen LogP) is 0.954. The van der Waals surface area contributed by atoms with E-state index in [1.807, 2.05) is 0 Å². The zero-order valence-corrected chi connectivity index (χ0v) is 10.1. The summed E-state index contributed by atoms with van der Waals surface area (Å²) >= 11 is 0. The molecular formula is C12H24N2O2. The number of ether oxygens (including phenoxy) is 2. The summed E-state index contributed by atoms with van der Waals surface area (Å²) in [5.74, 6) is -0.215. The zero-order chi connectivity index (χ0) is 11.3. The van der Waals surface area contributed by atoms with Crippen LogP contribution in [0.4, 0.5) is 0 Å². The van der Waals surface area contributed by atoms with E-state index < -0.39 is 0 Å². The molecule has 2 saturated heterocycles. The van der Waals surface area contributed by atoms with Gasteiger partial charge in [-0.3, -0.25) is 0 Å². The van der Waals surface area contributed by atoms with Crippen molar-refractivity contribution in [2.24, 2.45) is 5.73 Å². The molecule has 2 aliphatic rings. The van der Waals surface area contributed by atoms with E-state index in [0.717, 1.165) is 52.1 Å². The molecule has 1 spiro atoms. The third-order valence-electron chi connectivity index (χ3n) is 3.61. The lowest BCUT2D eigenvalue weighted by atomic mass is 10.0. The van der Waals surface area contributed by atoms with Gasteiger partial charge >= 0.3 is 0 Å².